The van der Waals surface area contributed by atoms with Crippen molar-refractivity contribution in [2.75, 3.05) is 4.90 Å². The van der Waals surface area contributed by atoms with Crippen LogP contribution >= 0.6 is 11.6 Å². The zero-order chi connectivity index (χ0) is 18.4. The number of β-lactam (4-membered cyclic amide) rings is 1. The van der Waals surface area contributed by atoms with E-state index in [4.69, 9.17) is 11.6 Å². The number of alkyl halides is 3. The molecule has 1 amide bonds. The summed E-state index contributed by atoms with van der Waals surface area (Å²) >= 11 is 6.02. The van der Waals surface area contributed by atoms with E-state index in [1.54, 1.807) is 0 Å². The first-order valence-electron chi connectivity index (χ1n) is 7.45. The highest BCUT2D eigenvalue weighted by atomic mass is 35.5. The highest BCUT2D eigenvalue weighted by Gasteiger charge is 2.40. The Hall–Kier alpha value is -2.53. The molecule has 0 radical (unpaired) electrons. The molecule has 0 saturated carbocycles. The van der Waals surface area contributed by atoms with E-state index in [0.717, 1.165) is 12.1 Å². The molecular formula is C16H12ClF3N4O. The molecule has 1 aromatic carbocycles. The van der Waals surface area contributed by atoms with Gasteiger partial charge in [0.05, 0.1) is 22.5 Å². The standard InChI is InChI=1S/C16H12ClF3N4O/c1-2-11-6-14(25)23(11)15-9(7-21)8-22-24(15)13-4-3-10(5-12(13)17)16(18,19)20/h3-5,8,11H,2,6H2,1H3. The van der Waals surface area contributed by atoms with Gasteiger partial charge in [0.1, 0.15) is 11.6 Å². The molecule has 3 rings (SSSR count). The summed E-state index contributed by atoms with van der Waals surface area (Å²) in [5.41, 5.74) is -0.565. The molecule has 9 heteroatoms. The number of benzene rings is 1. The molecule has 1 atom stereocenters. The molecule has 25 heavy (non-hydrogen) atoms. The summed E-state index contributed by atoms with van der Waals surface area (Å²) in [6, 6.07) is 4.73. The van der Waals surface area contributed by atoms with Gasteiger partial charge in [-0.05, 0) is 24.6 Å². The number of carbonyl (C=O) groups is 1. The van der Waals surface area contributed by atoms with Crippen molar-refractivity contribution in [3.63, 3.8) is 0 Å². The average Bonchev–Trinajstić information content (AvgIpc) is 2.94. The van der Waals surface area contributed by atoms with Crippen molar-refractivity contribution >= 4 is 23.3 Å². The Labute approximate surface area is 146 Å². The zero-order valence-corrected chi connectivity index (χ0v) is 13.8. The van der Waals surface area contributed by atoms with Crippen LogP contribution in [-0.2, 0) is 11.0 Å². The van der Waals surface area contributed by atoms with Crippen LogP contribution in [0.2, 0.25) is 5.02 Å². The molecule has 1 aliphatic rings. The van der Waals surface area contributed by atoms with Gasteiger partial charge in [-0.3, -0.25) is 9.69 Å². The Bertz CT molecular complexity index is 884. The molecule has 2 heterocycles. The molecule has 0 aliphatic carbocycles. The molecule has 1 aromatic heterocycles. The molecule has 0 spiro atoms. The minimum Gasteiger partial charge on any atom is -0.292 e. The van der Waals surface area contributed by atoms with Gasteiger partial charge < -0.3 is 0 Å². The third-order valence-corrected chi connectivity index (χ3v) is 4.41. The van der Waals surface area contributed by atoms with Gasteiger partial charge in [-0.25, -0.2) is 4.68 Å². The van der Waals surface area contributed by atoms with Crippen molar-refractivity contribution < 1.29 is 18.0 Å². The Kier molecular flexibility index (Phi) is 4.21. The minimum atomic E-state index is -4.52. The first kappa shape index (κ1) is 17.3. The minimum absolute atomic E-state index is 0.0803. The summed E-state index contributed by atoms with van der Waals surface area (Å²) in [6.45, 7) is 1.90. The van der Waals surface area contributed by atoms with Gasteiger partial charge in [-0.2, -0.15) is 23.5 Å². The van der Waals surface area contributed by atoms with Crippen LogP contribution in [0.5, 0.6) is 0 Å². The van der Waals surface area contributed by atoms with Crippen LogP contribution in [0.4, 0.5) is 19.0 Å². The largest absolute Gasteiger partial charge is 0.416 e. The lowest BCUT2D eigenvalue weighted by atomic mass is 9.99. The number of amides is 1. The maximum atomic E-state index is 12.8. The second-order valence-electron chi connectivity index (χ2n) is 5.60. The number of rotatable bonds is 3. The number of nitriles is 1. The van der Waals surface area contributed by atoms with E-state index in [2.05, 4.69) is 5.10 Å². The SMILES string of the molecule is CCC1CC(=O)N1c1c(C#N)cnn1-c1ccc(C(F)(F)F)cc1Cl. The van der Waals surface area contributed by atoms with Crippen molar-refractivity contribution in [3.8, 4) is 11.8 Å². The van der Waals surface area contributed by atoms with Crippen LogP contribution < -0.4 is 4.90 Å². The zero-order valence-electron chi connectivity index (χ0n) is 13.0. The van der Waals surface area contributed by atoms with E-state index in [-0.39, 0.29) is 34.0 Å². The maximum Gasteiger partial charge on any atom is 0.416 e. The normalized spacial score (nSPS) is 17.4. The van der Waals surface area contributed by atoms with E-state index in [1.807, 2.05) is 13.0 Å². The van der Waals surface area contributed by atoms with Gasteiger partial charge >= 0.3 is 6.18 Å². The Morgan fingerprint density at radius 2 is 2.16 bits per heavy atom. The van der Waals surface area contributed by atoms with Gasteiger partial charge in [0.15, 0.2) is 5.82 Å². The molecule has 0 N–H and O–H groups in total. The summed E-state index contributed by atoms with van der Waals surface area (Å²) in [5, 5.41) is 13.2. The fourth-order valence-corrected chi connectivity index (χ4v) is 3.04. The Morgan fingerprint density at radius 3 is 2.68 bits per heavy atom. The Morgan fingerprint density at radius 1 is 1.44 bits per heavy atom. The average molecular weight is 369 g/mol. The number of aromatic nitrogens is 2. The monoisotopic (exact) mass is 368 g/mol. The topological polar surface area (TPSA) is 61.9 Å². The van der Waals surface area contributed by atoms with Gasteiger partial charge in [0.2, 0.25) is 5.91 Å². The van der Waals surface area contributed by atoms with Crippen LogP contribution in [0.15, 0.2) is 24.4 Å². The van der Waals surface area contributed by atoms with Crippen molar-refractivity contribution in [1.29, 1.82) is 5.26 Å². The smallest absolute Gasteiger partial charge is 0.292 e. The van der Waals surface area contributed by atoms with Gasteiger partial charge in [-0.15, -0.1) is 0 Å². The van der Waals surface area contributed by atoms with Crippen LogP contribution in [0.1, 0.15) is 30.9 Å². The molecule has 130 valence electrons. The molecular weight excluding hydrogens is 357 g/mol. The highest BCUT2D eigenvalue weighted by Crippen LogP contribution is 2.37. The maximum absolute atomic E-state index is 12.8. The van der Waals surface area contributed by atoms with E-state index in [1.165, 1.54) is 21.8 Å². The predicted octanol–water partition coefficient (Wildman–Crippen LogP) is 3.93. The second-order valence-corrected chi connectivity index (χ2v) is 6.01. The fourth-order valence-electron chi connectivity index (χ4n) is 2.78. The summed E-state index contributed by atoms with van der Waals surface area (Å²) < 4.78 is 39.6. The number of nitrogens with zero attached hydrogens (tertiary/aromatic N) is 4. The predicted molar refractivity (Wildman–Crippen MR) is 84.5 cm³/mol. The van der Waals surface area contributed by atoms with Crippen LogP contribution in [-0.4, -0.2) is 21.7 Å². The first-order valence-corrected chi connectivity index (χ1v) is 7.83. The molecule has 1 fully saturated rings. The highest BCUT2D eigenvalue weighted by molar-refractivity contribution is 6.32. The molecule has 1 saturated heterocycles. The molecule has 2 aromatic rings. The molecule has 0 bridgehead atoms. The van der Waals surface area contributed by atoms with Crippen molar-refractivity contribution in [3.05, 3.63) is 40.5 Å². The number of hydrogen-bond donors (Lipinski definition) is 0. The van der Waals surface area contributed by atoms with E-state index in [0.29, 0.717) is 12.8 Å². The molecule has 1 aliphatic heterocycles. The van der Waals surface area contributed by atoms with Crippen molar-refractivity contribution in [2.24, 2.45) is 0 Å². The van der Waals surface area contributed by atoms with Gasteiger partial charge in [0, 0.05) is 12.5 Å². The van der Waals surface area contributed by atoms with Gasteiger partial charge in [0.25, 0.3) is 0 Å². The van der Waals surface area contributed by atoms with Crippen LogP contribution in [0.25, 0.3) is 5.69 Å². The van der Waals surface area contributed by atoms with Crippen molar-refractivity contribution in [1.82, 2.24) is 9.78 Å². The lowest BCUT2D eigenvalue weighted by molar-refractivity contribution is -0.137. The number of anilines is 1. The lowest BCUT2D eigenvalue weighted by Crippen LogP contribution is -2.53. The van der Waals surface area contributed by atoms with E-state index < -0.39 is 11.7 Å². The Balaban J connectivity index is 2.12. The third-order valence-electron chi connectivity index (χ3n) is 4.11. The van der Waals surface area contributed by atoms with E-state index >= 15 is 0 Å². The summed E-state index contributed by atoms with van der Waals surface area (Å²) in [4.78, 5) is 13.5. The second kappa shape index (κ2) is 6.08. The quantitative estimate of drug-likeness (QED) is 0.771. The fraction of sp³-hybridized carbons (Fsp3) is 0.312. The van der Waals surface area contributed by atoms with Gasteiger partial charge in [-0.1, -0.05) is 18.5 Å². The van der Waals surface area contributed by atoms with Crippen molar-refractivity contribution in [2.45, 2.75) is 32.0 Å². The summed E-state index contributed by atoms with van der Waals surface area (Å²) in [5.74, 6) is 0.0559. The molecule has 5 nitrogen and oxygen atoms in total. The molecule has 1 unspecified atom stereocenters. The summed E-state index contributed by atoms with van der Waals surface area (Å²) in [7, 11) is 0. The number of halogens is 4. The number of carbonyl (C=O) groups excluding carboxylic acids is 1. The van der Waals surface area contributed by atoms with Crippen LogP contribution in [0, 0.1) is 11.3 Å². The summed E-state index contributed by atoms with van der Waals surface area (Å²) in [6.07, 6.45) is -2.22. The first-order chi connectivity index (χ1) is 11.8. The van der Waals surface area contributed by atoms with Crippen LogP contribution in [0.3, 0.4) is 0 Å². The third kappa shape index (κ3) is 2.85. The number of hydrogen-bond acceptors (Lipinski definition) is 3. The lowest BCUT2D eigenvalue weighted by Gasteiger charge is -2.39. The van der Waals surface area contributed by atoms with E-state index in [9.17, 15) is 23.2 Å².